The molecule has 14 heavy (non-hydrogen) atoms. The molecule has 0 atom stereocenters. The molecule has 0 aliphatic rings. The molecule has 0 bridgehead atoms. The quantitative estimate of drug-likeness (QED) is 0.705. The summed E-state index contributed by atoms with van der Waals surface area (Å²) >= 11 is 0. The molecule has 0 radical (unpaired) electrons. The highest BCUT2D eigenvalue weighted by atomic mass is 16.5. The monoisotopic (exact) mass is 198 g/mol. The zero-order chi connectivity index (χ0) is 10.9. The van der Waals surface area contributed by atoms with Crippen molar-refractivity contribution < 1.29 is 4.74 Å². The third-order valence-corrected chi connectivity index (χ3v) is 1.85. The van der Waals surface area contributed by atoms with E-state index >= 15 is 0 Å². The van der Waals surface area contributed by atoms with E-state index in [1.165, 1.54) is 17.9 Å². The van der Waals surface area contributed by atoms with Gasteiger partial charge in [-0.1, -0.05) is 0 Å². The Labute approximate surface area is 81.3 Å². The average Bonchev–Trinajstić information content (AvgIpc) is 2.02. The van der Waals surface area contributed by atoms with Crippen LogP contribution in [0.1, 0.15) is 20.8 Å². The zero-order valence-electron chi connectivity index (χ0n) is 8.75. The summed E-state index contributed by atoms with van der Waals surface area (Å²) in [4.78, 5) is 24.8. The lowest BCUT2D eigenvalue weighted by Crippen LogP contribution is -2.38. The number of methoxy groups -OCH3 is 1. The second kappa shape index (κ2) is 3.32. The van der Waals surface area contributed by atoms with Crippen LogP contribution in [-0.2, 0) is 5.54 Å². The Morgan fingerprint density at radius 2 is 1.93 bits per heavy atom. The highest BCUT2D eigenvalue weighted by molar-refractivity contribution is 5.12. The summed E-state index contributed by atoms with van der Waals surface area (Å²) in [6.07, 6.45) is 1.42. The van der Waals surface area contributed by atoms with Gasteiger partial charge in [-0.05, 0) is 20.8 Å². The largest absolute Gasteiger partial charge is 0.490 e. The molecule has 1 aromatic heterocycles. The van der Waals surface area contributed by atoms with Gasteiger partial charge in [-0.25, -0.2) is 4.79 Å². The SMILES string of the molecule is COc1cn(C(C)(C)C)c(=O)[nH]c1=O. The van der Waals surface area contributed by atoms with E-state index in [1.807, 2.05) is 20.8 Å². The van der Waals surface area contributed by atoms with Crippen molar-refractivity contribution in [1.82, 2.24) is 9.55 Å². The Morgan fingerprint density at radius 3 is 2.36 bits per heavy atom. The van der Waals surface area contributed by atoms with Crippen molar-refractivity contribution in [1.29, 1.82) is 0 Å². The fraction of sp³-hybridized carbons (Fsp3) is 0.556. The van der Waals surface area contributed by atoms with E-state index in [2.05, 4.69) is 4.98 Å². The van der Waals surface area contributed by atoms with Gasteiger partial charge in [-0.2, -0.15) is 0 Å². The van der Waals surface area contributed by atoms with Crippen molar-refractivity contribution in [2.75, 3.05) is 7.11 Å². The van der Waals surface area contributed by atoms with Gasteiger partial charge in [-0.3, -0.25) is 14.3 Å². The molecule has 5 nitrogen and oxygen atoms in total. The number of H-pyrrole nitrogens is 1. The summed E-state index contributed by atoms with van der Waals surface area (Å²) in [7, 11) is 1.39. The van der Waals surface area contributed by atoms with Crippen LogP contribution in [0.2, 0.25) is 0 Å². The minimum Gasteiger partial charge on any atom is -0.490 e. The lowest BCUT2D eigenvalue weighted by molar-refractivity contribution is 0.350. The first kappa shape index (κ1) is 10.6. The Bertz CT molecular complexity index is 437. The zero-order valence-corrected chi connectivity index (χ0v) is 8.75. The number of rotatable bonds is 1. The van der Waals surface area contributed by atoms with Crippen molar-refractivity contribution in [3.05, 3.63) is 27.0 Å². The second-order valence-corrected chi connectivity index (χ2v) is 4.00. The number of hydrogen-bond donors (Lipinski definition) is 1. The van der Waals surface area contributed by atoms with Crippen LogP contribution in [0.25, 0.3) is 0 Å². The molecule has 0 saturated carbocycles. The van der Waals surface area contributed by atoms with Crippen molar-refractivity contribution in [3.8, 4) is 5.75 Å². The molecule has 0 fully saturated rings. The fourth-order valence-electron chi connectivity index (χ4n) is 1.10. The molecule has 0 saturated heterocycles. The van der Waals surface area contributed by atoms with Crippen LogP contribution < -0.4 is 16.0 Å². The molecule has 0 aromatic carbocycles. The molecule has 1 rings (SSSR count). The van der Waals surface area contributed by atoms with Gasteiger partial charge in [0.2, 0.25) is 5.75 Å². The van der Waals surface area contributed by atoms with Gasteiger partial charge in [0, 0.05) is 5.54 Å². The lowest BCUT2D eigenvalue weighted by Gasteiger charge is -2.21. The van der Waals surface area contributed by atoms with E-state index in [0.717, 1.165) is 0 Å². The Hall–Kier alpha value is -1.52. The van der Waals surface area contributed by atoms with Gasteiger partial charge in [0.1, 0.15) is 0 Å². The second-order valence-electron chi connectivity index (χ2n) is 4.00. The molecule has 0 unspecified atom stereocenters. The molecule has 0 spiro atoms. The topological polar surface area (TPSA) is 64.1 Å². The molecular formula is C9H14N2O3. The van der Waals surface area contributed by atoms with Crippen molar-refractivity contribution in [3.63, 3.8) is 0 Å². The van der Waals surface area contributed by atoms with Crippen LogP contribution in [0.4, 0.5) is 0 Å². The number of hydrogen-bond acceptors (Lipinski definition) is 3. The molecule has 1 N–H and O–H groups in total. The van der Waals surface area contributed by atoms with Gasteiger partial charge >= 0.3 is 5.69 Å². The first-order chi connectivity index (χ1) is 6.36. The normalized spacial score (nSPS) is 11.4. The Kier molecular flexibility index (Phi) is 2.51. The molecule has 1 heterocycles. The summed E-state index contributed by atoms with van der Waals surface area (Å²) in [6, 6.07) is 0. The fourth-order valence-corrected chi connectivity index (χ4v) is 1.10. The van der Waals surface area contributed by atoms with Crippen LogP contribution in [0.15, 0.2) is 15.8 Å². The standard InChI is InChI=1S/C9H14N2O3/c1-9(2,3)11-5-6(14-4)7(12)10-8(11)13/h5H,1-4H3,(H,10,12,13). The first-order valence-corrected chi connectivity index (χ1v) is 4.26. The Morgan fingerprint density at radius 1 is 1.36 bits per heavy atom. The number of aromatic nitrogens is 2. The maximum absolute atomic E-state index is 11.4. The number of nitrogens with one attached hydrogen (secondary N) is 1. The van der Waals surface area contributed by atoms with Gasteiger partial charge in [0.05, 0.1) is 13.3 Å². The smallest absolute Gasteiger partial charge is 0.329 e. The van der Waals surface area contributed by atoms with E-state index in [0.29, 0.717) is 0 Å². The van der Waals surface area contributed by atoms with Crippen LogP contribution in [0.5, 0.6) is 5.75 Å². The summed E-state index contributed by atoms with van der Waals surface area (Å²) in [5.74, 6) is 0.138. The first-order valence-electron chi connectivity index (χ1n) is 4.26. The van der Waals surface area contributed by atoms with Crippen LogP contribution in [0, 0.1) is 0 Å². The maximum atomic E-state index is 11.4. The van der Waals surface area contributed by atoms with Gasteiger partial charge < -0.3 is 4.74 Å². The van der Waals surface area contributed by atoms with E-state index in [4.69, 9.17) is 4.74 Å². The van der Waals surface area contributed by atoms with Crippen molar-refractivity contribution in [2.24, 2.45) is 0 Å². The number of nitrogens with zero attached hydrogens (tertiary/aromatic N) is 1. The summed E-state index contributed by atoms with van der Waals surface area (Å²) in [6.45, 7) is 5.60. The molecular weight excluding hydrogens is 184 g/mol. The minimum absolute atomic E-state index is 0.138. The molecule has 0 aliphatic carbocycles. The van der Waals surface area contributed by atoms with E-state index in [9.17, 15) is 9.59 Å². The van der Waals surface area contributed by atoms with Crippen molar-refractivity contribution >= 4 is 0 Å². The van der Waals surface area contributed by atoms with E-state index in [-0.39, 0.29) is 11.3 Å². The number of aromatic amines is 1. The van der Waals surface area contributed by atoms with Crippen molar-refractivity contribution in [2.45, 2.75) is 26.3 Å². The van der Waals surface area contributed by atoms with Gasteiger partial charge in [-0.15, -0.1) is 0 Å². The third kappa shape index (κ3) is 1.86. The maximum Gasteiger partial charge on any atom is 0.329 e. The summed E-state index contributed by atoms with van der Waals surface area (Å²) in [5.41, 5.74) is -1.31. The third-order valence-electron chi connectivity index (χ3n) is 1.85. The lowest BCUT2D eigenvalue weighted by atomic mass is 10.1. The van der Waals surface area contributed by atoms with E-state index < -0.39 is 11.2 Å². The predicted molar refractivity (Wildman–Crippen MR) is 52.9 cm³/mol. The molecule has 0 aliphatic heterocycles. The van der Waals surface area contributed by atoms with Crippen LogP contribution in [0.3, 0.4) is 0 Å². The van der Waals surface area contributed by atoms with Crippen LogP contribution >= 0.6 is 0 Å². The minimum atomic E-state index is -0.502. The van der Waals surface area contributed by atoms with Gasteiger partial charge in [0.25, 0.3) is 5.56 Å². The molecule has 1 aromatic rings. The predicted octanol–water partition coefficient (Wildman–Crippen LogP) is 0.300. The molecule has 78 valence electrons. The van der Waals surface area contributed by atoms with Gasteiger partial charge in [0.15, 0.2) is 0 Å². The Balaban J connectivity index is 3.48. The number of ether oxygens (including phenoxy) is 1. The average molecular weight is 198 g/mol. The highest BCUT2D eigenvalue weighted by Gasteiger charge is 2.16. The summed E-state index contributed by atoms with van der Waals surface area (Å²) in [5, 5.41) is 0. The summed E-state index contributed by atoms with van der Waals surface area (Å²) < 4.78 is 6.26. The van der Waals surface area contributed by atoms with Crippen LogP contribution in [-0.4, -0.2) is 16.7 Å². The molecule has 0 amide bonds. The van der Waals surface area contributed by atoms with E-state index in [1.54, 1.807) is 0 Å². The highest BCUT2D eigenvalue weighted by Crippen LogP contribution is 2.11. The molecule has 5 heteroatoms.